The molecule has 0 N–H and O–H groups in total. The van der Waals surface area contributed by atoms with Crippen molar-refractivity contribution in [1.82, 2.24) is 9.97 Å². The number of hydrogen-bond acceptors (Lipinski definition) is 5. The number of rotatable bonds is 4. The Hall–Kier alpha value is -1.11. The molecule has 1 heterocycles. The maximum Gasteiger partial charge on any atom is 0.175 e. The second kappa shape index (κ2) is 6.11. The molecule has 0 atom stereocenters. The molecule has 106 valence electrons. The molecule has 0 aliphatic rings. The average molecular weight is 329 g/mol. The third-order valence-corrected chi connectivity index (χ3v) is 4.76. The number of aryl methyl sites for hydroxylation is 1. The summed E-state index contributed by atoms with van der Waals surface area (Å²) in [5, 5.41) is 1.15. The highest BCUT2D eigenvalue weighted by Crippen LogP contribution is 2.28. The molecule has 0 bridgehead atoms. The Balaban J connectivity index is 2.24. The van der Waals surface area contributed by atoms with E-state index in [0.29, 0.717) is 22.3 Å². The summed E-state index contributed by atoms with van der Waals surface area (Å²) in [7, 11) is -3.17. The first-order valence-corrected chi connectivity index (χ1v) is 8.98. The van der Waals surface area contributed by atoms with E-state index >= 15 is 0 Å². The number of nitrogens with zero attached hydrogens (tertiary/aromatic N) is 2. The van der Waals surface area contributed by atoms with E-state index in [4.69, 9.17) is 11.6 Å². The van der Waals surface area contributed by atoms with Gasteiger partial charge in [-0.05, 0) is 24.3 Å². The normalized spacial score (nSPS) is 11.6. The second-order valence-electron chi connectivity index (χ2n) is 4.14. The Kier molecular flexibility index (Phi) is 4.67. The van der Waals surface area contributed by atoms with Crippen molar-refractivity contribution in [2.75, 3.05) is 6.26 Å². The molecule has 2 aromatic rings. The predicted octanol–water partition coefficient (Wildman–Crippen LogP) is 3.25. The molecule has 0 aliphatic carbocycles. The Bertz CT molecular complexity index is 716. The van der Waals surface area contributed by atoms with E-state index in [1.54, 1.807) is 30.3 Å². The SMILES string of the molecule is CCc1nc(Cl)cc(Sc2ccc(S(C)(=O)=O)cc2)n1. The average Bonchev–Trinajstić information content (AvgIpc) is 2.37. The van der Waals surface area contributed by atoms with Crippen molar-refractivity contribution in [3.8, 4) is 0 Å². The standard InChI is InChI=1S/C13H13ClN2O2S2/c1-3-12-15-11(14)8-13(16-12)19-9-4-6-10(7-5-9)20(2,17)18/h4-8H,3H2,1-2H3. The number of aromatic nitrogens is 2. The zero-order valence-corrected chi connectivity index (χ0v) is 13.4. The first-order chi connectivity index (χ1) is 9.38. The van der Waals surface area contributed by atoms with Gasteiger partial charge in [0.25, 0.3) is 0 Å². The van der Waals surface area contributed by atoms with Gasteiger partial charge < -0.3 is 0 Å². The van der Waals surface area contributed by atoms with Crippen molar-refractivity contribution in [3.05, 3.63) is 41.3 Å². The number of benzene rings is 1. The first kappa shape index (κ1) is 15.3. The summed E-state index contributed by atoms with van der Waals surface area (Å²) in [6, 6.07) is 8.36. The lowest BCUT2D eigenvalue weighted by atomic mass is 10.4. The summed E-state index contributed by atoms with van der Waals surface area (Å²) in [4.78, 5) is 9.67. The van der Waals surface area contributed by atoms with E-state index in [-0.39, 0.29) is 0 Å². The number of hydrogen-bond donors (Lipinski definition) is 0. The van der Waals surface area contributed by atoms with Gasteiger partial charge in [-0.3, -0.25) is 0 Å². The fourth-order valence-electron chi connectivity index (χ4n) is 1.53. The fourth-order valence-corrected chi connectivity index (χ4v) is 3.26. The van der Waals surface area contributed by atoms with Crippen LogP contribution in [0.1, 0.15) is 12.7 Å². The van der Waals surface area contributed by atoms with Gasteiger partial charge in [0.1, 0.15) is 16.0 Å². The molecule has 0 fully saturated rings. The highest BCUT2D eigenvalue weighted by Gasteiger charge is 2.08. The van der Waals surface area contributed by atoms with Crippen molar-refractivity contribution in [3.63, 3.8) is 0 Å². The van der Waals surface area contributed by atoms with Gasteiger partial charge in [-0.1, -0.05) is 30.3 Å². The molecule has 2 rings (SSSR count). The Morgan fingerprint density at radius 2 is 1.85 bits per heavy atom. The van der Waals surface area contributed by atoms with Crippen LogP contribution < -0.4 is 0 Å². The number of halogens is 1. The van der Waals surface area contributed by atoms with Crippen molar-refractivity contribution in [2.45, 2.75) is 28.2 Å². The van der Waals surface area contributed by atoms with Crippen LogP contribution >= 0.6 is 23.4 Å². The van der Waals surface area contributed by atoms with Crippen LogP contribution in [-0.4, -0.2) is 24.6 Å². The Morgan fingerprint density at radius 3 is 2.40 bits per heavy atom. The van der Waals surface area contributed by atoms with Gasteiger partial charge in [0, 0.05) is 23.6 Å². The minimum absolute atomic E-state index is 0.303. The Labute approximate surface area is 127 Å². The molecule has 1 aromatic carbocycles. The van der Waals surface area contributed by atoms with E-state index < -0.39 is 9.84 Å². The lowest BCUT2D eigenvalue weighted by molar-refractivity contribution is 0.602. The largest absolute Gasteiger partial charge is 0.226 e. The summed E-state index contributed by atoms with van der Waals surface area (Å²) >= 11 is 7.36. The van der Waals surface area contributed by atoms with Crippen molar-refractivity contribution < 1.29 is 8.42 Å². The molecular formula is C13H13ClN2O2S2. The topological polar surface area (TPSA) is 59.9 Å². The van der Waals surface area contributed by atoms with Crippen LogP contribution in [0.3, 0.4) is 0 Å². The molecule has 0 spiro atoms. The molecule has 0 unspecified atom stereocenters. The maximum absolute atomic E-state index is 11.4. The van der Waals surface area contributed by atoms with E-state index in [1.807, 2.05) is 6.92 Å². The van der Waals surface area contributed by atoms with Crippen molar-refractivity contribution in [1.29, 1.82) is 0 Å². The van der Waals surface area contributed by atoms with Gasteiger partial charge >= 0.3 is 0 Å². The highest BCUT2D eigenvalue weighted by molar-refractivity contribution is 7.99. The summed E-state index contributed by atoms with van der Waals surface area (Å²) < 4.78 is 22.8. The Morgan fingerprint density at radius 1 is 1.20 bits per heavy atom. The molecule has 20 heavy (non-hydrogen) atoms. The molecular weight excluding hydrogens is 316 g/mol. The van der Waals surface area contributed by atoms with Gasteiger partial charge in [0.2, 0.25) is 0 Å². The van der Waals surface area contributed by atoms with Gasteiger partial charge in [-0.15, -0.1) is 0 Å². The molecule has 0 radical (unpaired) electrons. The van der Waals surface area contributed by atoms with Gasteiger partial charge in [-0.25, -0.2) is 18.4 Å². The monoisotopic (exact) mass is 328 g/mol. The second-order valence-corrected chi connectivity index (χ2v) is 7.64. The summed E-state index contributed by atoms with van der Waals surface area (Å²) in [6.45, 7) is 1.96. The van der Waals surface area contributed by atoms with E-state index in [0.717, 1.165) is 9.92 Å². The van der Waals surface area contributed by atoms with E-state index in [1.165, 1.54) is 18.0 Å². The minimum atomic E-state index is -3.17. The minimum Gasteiger partial charge on any atom is -0.226 e. The van der Waals surface area contributed by atoms with Gasteiger partial charge in [-0.2, -0.15) is 0 Å². The molecule has 0 aliphatic heterocycles. The van der Waals surface area contributed by atoms with Crippen LogP contribution in [0.2, 0.25) is 5.15 Å². The first-order valence-electron chi connectivity index (χ1n) is 5.90. The third kappa shape index (κ3) is 3.94. The van der Waals surface area contributed by atoms with E-state index in [2.05, 4.69) is 9.97 Å². The predicted molar refractivity (Wildman–Crippen MR) is 80.1 cm³/mol. The summed E-state index contributed by atoms with van der Waals surface area (Å²) in [5.41, 5.74) is 0. The van der Waals surface area contributed by atoms with Crippen LogP contribution in [0.4, 0.5) is 0 Å². The van der Waals surface area contributed by atoms with Gasteiger partial charge in [0.15, 0.2) is 9.84 Å². The zero-order chi connectivity index (χ0) is 14.8. The molecule has 0 amide bonds. The van der Waals surface area contributed by atoms with Crippen LogP contribution in [0.25, 0.3) is 0 Å². The molecule has 1 aromatic heterocycles. The van der Waals surface area contributed by atoms with Crippen molar-refractivity contribution in [2.24, 2.45) is 0 Å². The molecule has 0 saturated heterocycles. The smallest absolute Gasteiger partial charge is 0.175 e. The quantitative estimate of drug-likeness (QED) is 0.806. The van der Waals surface area contributed by atoms with Gasteiger partial charge in [0.05, 0.1) is 4.90 Å². The van der Waals surface area contributed by atoms with Crippen LogP contribution in [0.5, 0.6) is 0 Å². The van der Waals surface area contributed by atoms with Crippen molar-refractivity contribution >= 4 is 33.2 Å². The van der Waals surface area contributed by atoms with E-state index in [9.17, 15) is 8.42 Å². The number of sulfone groups is 1. The molecule has 7 heteroatoms. The summed E-state index contributed by atoms with van der Waals surface area (Å²) in [6.07, 6.45) is 1.90. The maximum atomic E-state index is 11.4. The lowest BCUT2D eigenvalue weighted by Crippen LogP contribution is -1.96. The molecule has 0 saturated carbocycles. The van der Waals surface area contributed by atoms with Crippen LogP contribution in [-0.2, 0) is 16.3 Å². The van der Waals surface area contributed by atoms with Crippen LogP contribution in [0.15, 0.2) is 45.1 Å². The third-order valence-electron chi connectivity index (χ3n) is 2.51. The van der Waals surface area contributed by atoms with Crippen LogP contribution in [0, 0.1) is 0 Å². The lowest BCUT2D eigenvalue weighted by Gasteiger charge is -2.04. The fraction of sp³-hybridized carbons (Fsp3) is 0.231. The molecule has 4 nitrogen and oxygen atoms in total. The summed E-state index contributed by atoms with van der Waals surface area (Å²) in [5.74, 6) is 0.688. The zero-order valence-electron chi connectivity index (χ0n) is 11.0. The highest BCUT2D eigenvalue weighted by atomic mass is 35.5.